The van der Waals surface area contributed by atoms with Gasteiger partial charge in [0.05, 0.1) is 31.6 Å². The molecular weight excluding hydrogens is 392 g/mol. The molecule has 0 saturated heterocycles. The molecule has 158 valence electrons. The molecule has 0 bridgehead atoms. The smallest absolute Gasteiger partial charge is 0.341 e. The molecule has 0 amide bonds. The van der Waals surface area contributed by atoms with E-state index in [4.69, 9.17) is 19.3 Å². The normalized spacial score (nSPS) is 11.2. The first-order valence-corrected chi connectivity index (χ1v) is 10.5. The number of carbonyl (C=O) groups excluding carboxylic acids is 1. The Kier molecular flexibility index (Phi) is 9.91. The number of ketones is 1. The standard InChI is InChI=1S/C18H26O9S/c1-4-5-15-16(26-12-17(20)21)7-6-14(13(2)19)18(15)25-10-8-24-9-11-27-28(3,22)23/h6-7H,4-5,8-12H2,1-3H3,(H,20,21). The fraction of sp³-hybridized carbons (Fsp3) is 0.556. The number of carbonyl (C=O) groups is 2. The molecule has 28 heavy (non-hydrogen) atoms. The summed E-state index contributed by atoms with van der Waals surface area (Å²) < 4.78 is 42.6. The van der Waals surface area contributed by atoms with E-state index < -0.39 is 22.7 Å². The summed E-state index contributed by atoms with van der Waals surface area (Å²) in [5.74, 6) is -0.607. The summed E-state index contributed by atoms with van der Waals surface area (Å²) >= 11 is 0. The van der Waals surface area contributed by atoms with Gasteiger partial charge in [-0.2, -0.15) is 8.42 Å². The number of benzene rings is 1. The number of rotatable bonds is 14. The Morgan fingerprint density at radius 3 is 2.32 bits per heavy atom. The van der Waals surface area contributed by atoms with E-state index in [0.29, 0.717) is 29.0 Å². The van der Waals surface area contributed by atoms with Crippen LogP contribution >= 0.6 is 0 Å². The SMILES string of the molecule is CCCc1c(OCC(=O)O)ccc(C(C)=O)c1OCCOCCOS(C)(=O)=O. The number of carboxylic acids is 1. The number of Topliss-reactive ketones (excluding diaryl/α,β-unsaturated/α-hetero) is 1. The Bertz CT molecular complexity index is 772. The molecule has 1 rings (SSSR count). The third kappa shape index (κ3) is 8.68. The maximum absolute atomic E-state index is 11.9. The molecule has 9 nitrogen and oxygen atoms in total. The highest BCUT2D eigenvalue weighted by Gasteiger charge is 2.18. The summed E-state index contributed by atoms with van der Waals surface area (Å²) in [5, 5.41) is 8.83. The van der Waals surface area contributed by atoms with Gasteiger partial charge in [0, 0.05) is 5.56 Å². The topological polar surface area (TPSA) is 125 Å². The second-order valence-electron chi connectivity index (χ2n) is 5.89. The number of carboxylic acid groups (broad SMARTS) is 1. The lowest BCUT2D eigenvalue weighted by molar-refractivity contribution is -0.139. The molecule has 0 spiro atoms. The molecule has 0 atom stereocenters. The zero-order chi connectivity index (χ0) is 21.2. The average Bonchev–Trinajstić information content (AvgIpc) is 2.59. The van der Waals surface area contributed by atoms with Crippen LogP contribution in [-0.4, -0.2) is 64.6 Å². The Labute approximate surface area is 164 Å². The predicted octanol–water partition coefficient (Wildman–Crippen LogP) is 1.68. The number of hydrogen-bond donors (Lipinski definition) is 1. The third-order valence-corrected chi connectivity index (χ3v) is 4.04. The van der Waals surface area contributed by atoms with E-state index in [-0.39, 0.29) is 32.2 Å². The van der Waals surface area contributed by atoms with E-state index >= 15 is 0 Å². The van der Waals surface area contributed by atoms with Crippen LogP contribution in [0.15, 0.2) is 12.1 Å². The molecule has 1 N–H and O–H groups in total. The summed E-state index contributed by atoms with van der Waals surface area (Å²) in [5.41, 5.74) is 0.989. The van der Waals surface area contributed by atoms with Gasteiger partial charge < -0.3 is 19.3 Å². The highest BCUT2D eigenvalue weighted by Crippen LogP contribution is 2.34. The van der Waals surface area contributed by atoms with Gasteiger partial charge in [0.1, 0.15) is 18.1 Å². The van der Waals surface area contributed by atoms with E-state index in [1.54, 1.807) is 6.07 Å². The first-order valence-electron chi connectivity index (χ1n) is 8.72. The van der Waals surface area contributed by atoms with Crippen molar-refractivity contribution in [1.29, 1.82) is 0 Å². The van der Waals surface area contributed by atoms with Crippen molar-refractivity contribution in [2.24, 2.45) is 0 Å². The fourth-order valence-corrected chi connectivity index (χ4v) is 2.73. The lowest BCUT2D eigenvalue weighted by Gasteiger charge is -2.18. The first kappa shape index (κ1) is 23.9. The van der Waals surface area contributed by atoms with Crippen LogP contribution in [0, 0.1) is 0 Å². The van der Waals surface area contributed by atoms with Gasteiger partial charge in [0.25, 0.3) is 10.1 Å². The lowest BCUT2D eigenvalue weighted by Crippen LogP contribution is -2.15. The fourth-order valence-electron chi connectivity index (χ4n) is 2.36. The monoisotopic (exact) mass is 418 g/mol. The van der Waals surface area contributed by atoms with Crippen LogP contribution < -0.4 is 9.47 Å². The molecule has 10 heteroatoms. The minimum absolute atomic E-state index is 0.0690. The van der Waals surface area contributed by atoms with Gasteiger partial charge in [-0.05, 0) is 25.5 Å². The average molecular weight is 418 g/mol. The quantitative estimate of drug-likeness (QED) is 0.273. The van der Waals surface area contributed by atoms with Crippen molar-refractivity contribution < 1.29 is 41.5 Å². The molecule has 0 radical (unpaired) electrons. The van der Waals surface area contributed by atoms with Gasteiger partial charge in [-0.3, -0.25) is 8.98 Å². The van der Waals surface area contributed by atoms with Gasteiger partial charge in [0.15, 0.2) is 12.4 Å². The van der Waals surface area contributed by atoms with Crippen LogP contribution in [-0.2, 0) is 30.3 Å². The molecule has 0 saturated carbocycles. The van der Waals surface area contributed by atoms with E-state index in [2.05, 4.69) is 4.18 Å². The first-order chi connectivity index (χ1) is 13.2. The van der Waals surface area contributed by atoms with Crippen LogP contribution in [0.2, 0.25) is 0 Å². The van der Waals surface area contributed by atoms with Gasteiger partial charge >= 0.3 is 5.97 Å². The highest BCUT2D eigenvalue weighted by atomic mass is 32.2. The Hall–Kier alpha value is -2.17. The molecule has 0 aliphatic carbocycles. The highest BCUT2D eigenvalue weighted by molar-refractivity contribution is 7.85. The van der Waals surface area contributed by atoms with Crippen molar-refractivity contribution in [2.75, 3.05) is 39.3 Å². The van der Waals surface area contributed by atoms with Crippen LogP contribution in [0.25, 0.3) is 0 Å². The van der Waals surface area contributed by atoms with E-state index in [9.17, 15) is 18.0 Å². The zero-order valence-electron chi connectivity index (χ0n) is 16.2. The predicted molar refractivity (Wildman–Crippen MR) is 101 cm³/mol. The molecule has 0 unspecified atom stereocenters. The van der Waals surface area contributed by atoms with Crippen molar-refractivity contribution in [2.45, 2.75) is 26.7 Å². The Morgan fingerprint density at radius 1 is 1.07 bits per heavy atom. The van der Waals surface area contributed by atoms with Crippen LogP contribution in [0.5, 0.6) is 11.5 Å². The molecule has 0 fully saturated rings. The number of ether oxygens (including phenoxy) is 3. The summed E-state index contributed by atoms with van der Waals surface area (Å²) in [4.78, 5) is 22.7. The van der Waals surface area contributed by atoms with Gasteiger partial charge in [-0.1, -0.05) is 13.3 Å². The minimum atomic E-state index is -3.51. The van der Waals surface area contributed by atoms with E-state index in [0.717, 1.165) is 12.7 Å². The van der Waals surface area contributed by atoms with Gasteiger partial charge in [-0.15, -0.1) is 0 Å². The summed E-state index contributed by atoms with van der Waals surface area (Å²) in [6.07, 6.45) is 2.23. The van der Waals surface area contributed by atoms with Crippen molar-refractivity contribution in [3.63, 3.8) is 0 Å². The molecular formula is C18H26O9S. The minimum Gasteiger partial charge on any atom is -0.490 e. The lowest BCUT2D eigenvalue weighted by atomic mass is 10.0. The van der Waals surface area contributed by atoms with E-state index in [1.807, 2.05) is 6.92 Å². The van der Waals surface area contributed by atoms with Gasteiger partial charge in [-0.25, -0.2) is 4.79 Å². The number of hydrogen-bond acceptors (Lipinski definition) is 8. The van der Waals surface area contributed by atoms with Crippen LogP contribution in [0.3, 0.4) is 0 Å². The Balaban J connectivity index is 2.81. The molecule has 0 aliphatic heterocycles. The molecule has 1 aromatic rings. The van der Waals surface area contributed by atoms with Crippen molar-refractivity contribution in [3.05, 3.63) is 23.3 Å². The zero-order valence-corrected chi connectivity index (χ0v) is 17.0. The summed E-state index contributed by atoms with van der Waals surface area (Å²) in [7, 11) is -3.51. The summed E-state index contributed by atoms with van der Waals surface area (Å²) in [6.45, 7) is 3.08. The molecule has 0 aromatic heterocycles. The maximum atomic E-state index is 11.9. The molecule has 1 aromatic carbocycles. The maximum Gasteiger partial charge on any atom is 0.341 e. The second-order valence-corrected chi connectivity index (χ2v) is 7.54. The third-order valence-electron chi connectivity index (χ3n) is 3.45. The number of aliphatic carboxylic acids is 1. The van der Waals surface area contributed by atoms with Crippen LogP contribution in [0.1, 0.15) is 36.2 Å². The van der Waals surface area contributed by atoms with E-state index in [1.165, 1.54) is 13.0 Å². The van der Waals surface area contributed by atoms with Crippen molar-refractivity contribution in [3.8, 4) is 11.5 Å². The largest absolute Gasteiger partial charge is 0.490 e. The Morgan fingerprint density at radius 2 is 1.75 bits per heavy atom. The molecule has 0 heterocycles. The van der Waals surface area contributed by atoms with Gasteiger partial charge in [0.2, 0.25) is 0 Å². The van der Waals surface area contributed by atoms with Crippen molar-refractivity contribution in [1.82, 2.24) is 0 Å². The second kappa shape index (κ2) is 11.6. The van der Waals surface area contributed by atoms with Crippen LogP contribution in [0.4, 0.5) is 0 Å². The molecule has 0 aliphatic rings. The van der Waals surface area contributed by atoms with Crippen molar-refractivity contribution >= 4 is 21.9 Å². The summed E-state index contributed by atoms with van der Waals surface area (Å²) in [6, 6.07) is 3.10.